The molecule has 0 saturated heterocycles. The molecule has 0 aliphatic heterocycles. The molecular weight excluding hydrogens is 1770 g/mol. The van der Waals surface area contributed by atoms with Gasteiger partial charge in [-0.05, 0) is 254 Å². The zero-order valence-corrected chi connectivity index (χ0v) is 76.7. The molecule has 8 N–H and O–H groups in total. The smallest absolute Gasteiger partial charge is 0.412 e. The van der Waals surface area contributed by atoms with E-state index < -0.39 is 58.5 Å². The summed E-state index contributed by atoms with van der Waals surface area (Å²) >= 11 is 16.4. The Balaban J connectivity index is 0.000000244. The Morgan fingerprint density at radius 1 is 0.385 bits per heavy atom. The lowest BCUT2D eigenvalue weighted by molar-refractivity contribution is -0.000111. The molecule has 0 spiro atoms. The van der Waals surface area contributed by atoms with Crippen LogP contribution < -0.4 is 72.9 Å². The molecule has 0 fully saturated rings. The number of hydrogen-bond acceptors (Lipinski definition) is 33. The number of carbonyl (C=O) groups is 5. The molecule has 7 heterocycles. The van der Waals surface area contributed by atoms with Gasteiger partial charge in [0.05, 0.1) is 21.1 Å². The second kappa shape index (κ2) is 48.6. The van der Waals surface area contributed by atoms with Gasteiger partial charge >= 0.3 is 36.4 Å². The highest BCUT2D eigenvalue weighted by molar-refractivity contribution is 6.31. The largest absolute Gasteiger partial charge is 1.00 e. The van der Waals surface area contributed by atoms with E-state index in [1.54, 1.807) is 241 Å². The van der Waals surface area contributed by atoms with Crippen LogP contribution in [0.25, 0.3) is 11.6 Å². The van der Waals surface area contributed by atoms with Crippen LogP contribution in [0.5, 0.6) is 58.1 Å². The Kier molecular flexibility index (Phi) is 38.8. The highest BCUT2D eigenvalue weighted by atomic mass is 35.5. The van der Waals surface area contributed by atoms with Crippen LogP contribution in [0.1, 0.15) is 116 Å². The average Bonchev–Trinajstić information content (AvgIpc) is 1.58. The second-order valence-electron chi connectivity index (χ2n) is 31.8. The number of hydrogen-bond donors (Lipinski definition) is 7. The number of amidine groups is 1. The quantitative estimate of drug-likeness (QED) is 0.00613. The van der Waals surface area contributed by atoms with E-state index in [0.717, 1.165) is 0 Å². The molecule has 5 amide bonds. The van der Waals surface area contributed by atoms with E-state index in [2.05, 4.69) is 106 Å². The lowest BCUT2D eigenvalue weighted by Crippen LogP contribution is -3.00. The van der Waals surface area contributed by atoms with Crippen molar-refractivity contribution in [3.05, 3.63) is 229 Å². The van der Waals surface area contributed by atoms with Gasteiger partial charge in [0.1, 0.15) is 68.0 Å². The van der Waals surface area contributed by atoms with Gasteiger partial charge in [-0.2, -0.15) is 35.2 Å². The summed E-state index contributed by atoms with van der Waals surface area (Å²) in [5.41, 5.74) is 5.60. The normalized spacial score (nSPS) is 11.0. The van der Waals surface area contributed by atoms with Crippen molar-refractivity contribution in [1.82, 2.24) is 74.4 Å². The topological polar surface area (TPSA) is 514 Å². The van der Waals surface area contributed by atoms with Gasteiger partial charge < -0.3 is 75.2 Å². The number of nitrogens with one attached hydrogen (secondary N) is 5. The van der Waals surface area contributed by atoms with E-state index in [1.165, 1.54) is 43.4 Å². The molecule has 0 aliphatic carbocycles. The first-order chi connectivity index (χ1) is 60.6. The first kappa shape index (κ1) is 104. The highest BCUT2D eigenvalue weighted by Gasteiger charge is 2.23. The average molecular weight is 1860 g/mol. The van der Waals surface area contributed by atoms with E-state index >= 15 is 0 Å². The number of anilines is 5. The van der Waals surface area contributed by atoms with Crippen LogP contribution in [0.3, 0.4) is 0 Å². The van der Waals surface area contributed by atoms with E-state index in [0.29, 0.717) is 96.2 Å². The third-order valence-electron chi connectivity index (χ3n) is 13.9. The number of nitrogens with zero attached hydrogens (tertiary/aromatic N) is 17. The highest BCUT2D eigenvalue weighted by Crippen LogP contribution is 2.30. The molecule has 0 unspecified atom stereocenters. The number of nitrogens with two attached hydrogens (primary N) is 1. The maximum atomic E-state index is 11.8. The van der Waals surface area contributed by atoms with Gasteiger partial charge in [-0.15, -0.1) is 4.98 Å². The number of benzene rings is 5. The van der Waals surface area contributed by atoms with Gasteiger partial charge in [-0.3, -0.25) is 31.1 Å². The lowest BCUT2D eigenvalue weighted by atomic mass is 10.2. The summed E-state index contributed by atoms with van der Waals surface area (Å²) in [5, 5.41) is 37.8. The predicted octanol–water partition coefficient (Wildman–Crippen LogP) is 16.7. The Morgan fingerprint density at radius 3 is 0.985 bits per heavy atom. The molecule has 0 aliphatic rings. The van der Waals surface area contributed by atoms with Crippen molar-refractivity contribution in [3.63, 3.8) is 0 Å². The van der Waals surface area contributed by atoms with Crippen LogP contribution >= 0.6 is 34.8 Å². The molecule has 12 rings (SSSR count). The summed E-state index contributed by atoms with van der Waals surface area (Å²) in [4.78, 5) is 110. The van der Waals surface area contributed by atoms with Crippen molar-refractivity contribution in [3.8, 4) is 75.9 Å². The van der Waals surface area contributed by atoms with Crippen LogP contribution in [0, 0.1) is 11.3 Å². The fraction of sp³-hybridized carbons (Fsp3) is 0.267. The molecule has 44 heteroatoms. The molecular formula is C86H95Cl4N23O17. The summed E-state index contributed by atoms with van der Waals surface area (Å²) in [6, 6.07) is 45.2. The van der Waals surface area contributed by atoms with Crippen molar-refractivity contribution in [1.29, 1.82) is 5.26 Å². The van der Waals surface area contributed by atoms with Gasteiger partial charge in [-0.1, -0.05) is 21.9 Å². The minimum absolute atomic E-state index is 0. The van der Waals surface area contributed by atoms with Gasteiger partial charge in [0.2, 0.25) is 75.5 Å². The summed E-state index contributed by atoms with van der Waals surface area (Å²) in [5.74, 6) is 5.41. The van der Waals surface area contributed by atoms with Crippen LogP contribution in [-0.4, -0.2) is 161 Å². The molecule has 130 heavy (non-hydrogen) atoms. The summed E-state index contributed by atoms with van der Waals surface area (Å²) in [6.07, 6.45) is 7.67. The van der Waals surface area contributed by atoms with Crippen molar-refractivity contribution >= 4 is 105 Å². The molecule has 5 aromatic carbocycles. The van der Waals surface area contributed by atoms with Gasteiger partial charge in [0, 0.05) is 95.9 Å². The predicted molar refractivity (Wildman–Crippen MR) is 479 cm³/mol. The fourth-order valence-electron chi connectivity index (χ4n) is 8.94. The standard InChI is InChI=1S/C18H24N4O3.C17H17N5O4.C16H19N5O4.C16H16N4O3.C15H16ClN3O3.C4H2Cl2N2.ClH/c1-18(2,3)25-17(23)20-13-7-9-14(10-8-13)24-15-11-12-19-16(21-15)22(4,5)6;1-17(2,3)26-16(23)20-11-4-6-12(7-5-11)25-13-8-9-18-14(21-13)15-19-10-24-22-15;1-16(2,3)25-15(22)19-10-4-6-11(7-5-10)24-12-8-9-18-14(20-12)13(17)21-23;1-16(2,3)23-15(21)19-11-4-6-12(7-5-11)22-14-8-9-18-13(10-17)20-14;1-15(2,3)22-14(20)18-10-4-6-11(7-5-10)21-12-8-9-17-13(16)19-12;5-3-1-2-7-4(6)8-3;/h7-12H,1-6H3;4-10H,1-3H3,(H,20,23);4-9,23H,1-3H3,(H2,17,21)(H,19,22);4-9H,1-3H3,(H,19,21);4-9H,1-3H3,(H,18,20);1-2H;1H. The summed E-state index contributed by atoms with van der Waals surface area (Å²) in [7, 11) is 5.95. The number of oxime groups is 1. The second-order valence-corrected chi connectivity index (χ2v) is 32.9. The van der Waals surface area contributed by atoms with Crippen LogP contribution in [0.4, 0.5) is 58.4 Å². The Morgan fingerprint density at radius 2 is 0.685 bits per heavy atom. The van der Waals surface area contributed by atoms with E-state index in [4.69, 9.17) is 98.4 Å². The maximum Gasteiger partial charge on any atom is 0.412 e. The number of ether oxygens (including phenoxy) is 10. The molecule has 0 saturated carbocycles. The SMILES string of the molecule is CC(C)(C)OC(=O)Nc1ccc(Oc2ccnc(-c3ncon3)n2)cc1.CC(C)(C)OC(=O)Nc1ccc(Oc2ccnc(C#N)n2)cc1.CC(C)(C)OC(=O)Nc1ccc(Oc2ccnc(C(N)=NO)n2)cc1.CC(C)(C)OC(=O)Nc1ccc(Oc2ccnc(Cl)n2)cc1.CC(C)(C)OC(=O)Nc1ccc(Oc2ccnc([N+](C)(C)C)n2)cc1.Clc1ccnc(Cl)n1.[Cl-]. The first-order valence-corrected chi connectivity index (χ1v) is 39.6. The lowest BCUT2D eigenvalue weighted by Gasteiger charge is -2.20. The molecule has 40 nitrogen and oxygen atoms in total. The van der Waals surface area contributed by atoms with Crippen molar-refractivity contribution in [2.45, 2.75) is 132 Å². The number of halogens is 4. The van der Waals surface area contributed by atoms with Gasteiger partial charge in [0.15, 0.2) is 0 Å². The zero-order valence-electron chi connectivity index (χ0n) is 73.7. The van der Waals surface area contributed by atoms with Crippen LogP contribution in [0.2, 0.25) is 15.7 Å². The number of rotatable bonds is 18. The van der Waals surface area contributed by atoms with Crippen molar-refractivity contribution < 1.29 is 93.5 Å². The monoisotopic (exact) mass is 1860 g/mol. The van der Waals surface area contributed by atoms with E-state index in [-0.39, 0.29) is 58.0 Å². The van der Waals surface area contributed by atoms with Crippen molar-refractivity contribution in [2.75, 3.05) is 47.7 Å². The maximum absolute atomic E-state index is 11.8. The number of nitriles is 1. The molecule has 12 aromatic rings. The Bertz CT molecular complexity index is 5700. The fourth-order valence-corrected chi connectivity index (χ4v) is 9.41. The molecule has 684 valence electrons. The third kappa shape index (κ3) is 41.4. The zero-order chi connectivity index (χ0) is 94.7. The number of aromatic nitrogens is 14. The number of carbonyl (C=O) groups excluding carboxylic acids is 5. The van der Waals surface area contributed by atoms with Gasteiger partial charge in [0.25, 0.3) is 0 Å². The van der Waals surface area contributed by atoms with Crippen molar-refractivity contribution in [2.24, 2.45) is 10.9 Å². The van der Waals surface area contributed by atoms with Gasteiger partial charge in [-0.25, -0.2) is 53.9 Å². The minimum Gasteiger partial charge on any atom is -1.00 e. The Labute approximate surface area is 769 Å². The van der Waals surface area contributed by atoms with E-state index in [1.807, 2.05) is 48.0 Å². The summed E-state index contributed by atoms with van der Waals surface area (Å²) in [6.45, 7) is 27.0. The van der Waals surface area contributed by atoms with E-state index in [9.17, 15) is 24.0 Å². The molecule has 0 bridgehead atoms. The van der Waals surface area contributed by atoms with Crippen LogP contribution in [0.15, 0.2) is 211 Å². The molecule has 7 aromatic heterocycles. The minimum atomic E-state index is -0.572. The first-order valence-electron chi connectivity index (χ1n) is 38.5. The Hall–Kier alpha value is -15.1. The third-order valence-corrected chi connectivity index (χ3v) is 14.5. The molecule has 0 atom stereocenters. The number of quaternary nitrogens is 1. The number of amides is 5. The summed E-state index contributed by atoms with van der Waals surface area (Å²) < 4.78 is 59.1. The van der Waals surface area contributed by atoms with Crippen LogP contribution in [-0.2, 0) is 23.7 Å². The molecule has 0 radical (unpaired) electrons.